The summed E-state index contributed by atoms with van der Waals surface area (Å²) >= 11 is 0. The van der Waals surface area contributed by atoms with Gasteiger partial charge in [-0.3, -0.25) is 0 Å². The molecule has 0 amide bonds. The SMILES string of the molecule is C=C(C)C(=O)OC(CCCCC)OC(=O)C(=C)C.C=C(C)C(=O)OCC1CO1. The van der Waals surface area contributed by atoms with Gasteiger partial charge in [-0.25, -0.2) is 14.4 Å². The molecule has 1 atom stereocenters. The summed E-state index contributed by atoms with van der Waals surface area (Å²) in [6.45, 7) is 18.3. The highest BCUT2D eigenvalue weighted by Gasteiger charge is 2.24. The molecule has 1 fully saturated rings. The van der Waals surface area contributed by atoms with Gasteiger partial charge >= 0.3 is 17.9 Å². The molecular weight excluding hydrogens is 364 g/mol. The number of unbranched alkanes of at least 4 members (excludes halogenated alkanes) is 2. The molecule has 0 radical (unpaired) electrons. The summed E-state index contributed by atoms with van der Waals surface area (Å²) in [4.78, 5) is 33.5. The third-order valence-corrected chi connectivity index (χ3v) is 3.37. The summed E-state index contributed by atoms with van der Waals surface area (Å²) < 4.78 is 19.7. The summed E-state index contributed by atoms with van der Waals surface area (Å²) in [5.74, 6) is -1.44. The highest BCUT2D eigenvalue weighted by atomic mass is 16.7. The van der Waals surface area contributed by atoms with Crippen LogP contribution in [-0.4, -0.2) is 43.5 Å². The number of epoxide rings is 1. The summed E-state index contributed by atoms with van der Waals surface area (Å²) in [6, 6.07) is 0. The Bertz CT molecular complexity index is 560. The third kappa shape index (κ3) is 12.9. The zero-order valence-corrected chi connectivity index (χ0v) is 17.4. The lowest BCUT2D eigenvalue weighted by molar-refractivity contribution is -0.183. The smallest absolute Gasteiger partial charge is 0.336 e. The van der Waals surface area contributed by atoms with Gasteiger partial charge in [0.2, 0.25) is 6.29 Å². The molecule has 0 aromatic carbocycles. The molecule has 1 aliphatic heterocycles. The second kappa shape index (κ2) is 13.7. The van der Waals surface area contributed by atoms with Gasteiger partial charge in [-0.2, -0.15) is 0 Å². The minimum Gasteiger partial charge on any atom is -0.459 e. The van der Waals surface area contributed by atoms with Crippen LogP contribution in [0.25, 0.3) is 0 Å². The molecule has 1 aliphatic rings. The Morgan fingerprint density at radius 2 is 1.39 bits per heavy atom. The van der Waals surface area contributed by atoms with Crippen LogP contribution in [0, 0.1) is 0 Å². The van der Waals surface area contributed by atoms with E-state index in [2.05, 4.69) is 26.7 Å². The van der Waals surface area contributed by atoms with Crippen LogP contribution in [0.4, 0.5) is 0 Å². The Kier molecular flexibility index (Phi) is 12.5. The molecule has 1 unspecified atom stereocenters. The van der Waals surface area contributed by atoms with Gasteiger partial charge in [-0.15, -0.1) is 0 Å². The minimum absolute atomic E-state index is 0.142. The van der Waals surface area contributed by atoms with Crippen molar-refractivity contribution in [1.29, 1.82) is 0 Å². The number of carbonyl (C=O) groups excluding carboxylic acids is 3. The molecule has 0 saturated carbocycles. The number of esters is 3. The Hall–Kier alpha value is -2.41. The van der Waals surface area contributed by atoms with Gasteiger partial charge in [0.1, 0.15) is 12.7 Å². The van der Waals surface area contributed by atoms with Crippen LogP contribution in [-0.2, 0) is 33.3 Å². The minimum atomic E-state index is -0.857. The van der Waals surface area contributed by atoms with Crippen LogP contribution in [0.5, 0.6) is 0 Å². The molecule has 0 aromatic rings. The molecule has 1 heterocycles. The predicted molar refractivity (Wildman–Crippen MR) is 105 cm³/mol. The Balaban J connectivity index is 0.000000609. The van der Waals surface area contributed by atoms with Crippen LogP contribution in [0.2, 0.25) is 0 Å². The standard InChI is InChI=1S/C14H22O4.C7H10O3/c1-6-7-8-9-12(17-13(15)10(2)3)18-14(16)11(4)5;1-5(2)7(8)10-4-6-3-9-6/h12H,2,4,6-9H2,1,3,5H3;6H,1,3-4H2,2H3. The number of hydrogen-bond acceptors (Lipinski definition) is 7. The van der Waals surface area contributed by atoms with Gasteiger partial charge in [0.05, 0.1) is 6.61 Å². The van der Waals surface area contributed by atoms with Gasteiger partial charge in [-0.1, -0.05) is 39.5 Å². The average Bonchev–Trinajstić information content (AvgIpc) is 3.44. The zero-order chi connectivity index (χ0) is 21.7. The van der Waals surface area contributed by atoms with Crippen LogP contribution in [0.1, 0.15) is 53.4 Å². The van der Waals surface area contributed by atoms with Gasteiger partial charge < -0.3 is 18.9 Å². The topological polar surface area (TPSA) is 91.4 Å². The highest BCUT2D eigenvalue weighted by Crippen LogP contribution is 2.12. The maximum Gasteiger partial charge on any atom is 0.336 e. The van der Waals surface area contributed by atoms with E-state index in [1.807, 2.05) is 0 Å². The average molecular weight is 396 g/mol. The van der Waals surface area contributed by atoms with E-state index >= 15 is 0 Å². The molecule has 1 rings (SSSR count). The normalized spacial score (nSPS) is 14.2. The third-order valence-electron chi connectivity index (χ3n) is 3.37. The molecule has 158 valence electrons. The zero-order valence-electron chi connectivity index (χ0n) is 17.4. The van der Waals surface area contributed by atoms with E-state index in [0.29, 0.717) is 25.2 Å². The molecule has 28 heavy (non-hydrogen) atoms. The lowest BCUT2D eigenvalue weighted by Gasteiger charge is -2.18. The summed E-state index contributed by atoms with van der Waals surface area (Å²) in [5, 5.41) is 0. The predicted octanol–water partition coefficient (Wildman–Crippen LogP) is 3.64. The van der Waals surface area contributed by atoms with Gasteiger partial charge in [-0.05, 0) is 27.2 Å². The fourth-order valence-corrected chi connectivity index (χ4v) is 1.60. The van der Waals surface area contributed by atoms with Crippen molar-refractivity contribution in [2.75, 3.05) is 13.2 Å². The van der Waals surface area contributed by atoms with Crippen LogP contribution in [0.3, 0.4) is 0 Å². The van der Waals surface area contributed by atoms with Crippen molar-refractivity contribution in [2.45, 2.75) is 65.8 Å². The fraction of sp³-hybridized carbons (Fsp3) is 0.571. The summed E-state index contributed by atoms with van der Waals surface area (Å²) in [5.41, 5.74) is 0.990. The molecular formula is C21H32O7. The number of rotatable bonds is 11. The van der Waals surface area contributed by atoms with Gasteiger partial charge in [0, 0.05) is 23.1 Å². The number of hydrogen-bond donors (Lipinski definition) is 0. The van der Waals surface area contributed by atoms with Crippen molar-refractivity contribution in [3.63, 3.8) is 0 Å². The van der Waals surface area contributed by atoms with Crippen LogP contribution < -0.4 is 0 Å². The van der Waals surface area contributed by atoms with Gasteiger partial charge in [0.15, 0.2) is 0 Å². The van der Waals surface area contributed by atoms with E-state index in [1.54, 1.807) is 20.8 Å². The Morgan fingerprint density at radius 1 is 0.929 bits per heavy atom. The fourth-order valence-electron chi connectivity index (χ4n) is 1.60. The second-order valence-electron chi connectivity index (χ2n) is 6.63. The van der Waals surface area contributed by atoms with Crippen LogP contribution in [0.15, 0.2) is 36.5 Å². The number of carbonyl (C=O) groups is 3. The summed E-state index contributed by atoms with van der Waals surface area (Å²) in [7, 11) is 0. The van der Waals surface area contributed by atoms with Crippen molar-refractivity contribution in [1.82, 2.24) is 0 Å². The maximum atomic E-state index is 11.4. The lowest BCUT2D eigenvalue weighted by Crippen LogP contribution is -2.25. The molecule has 0 N–H and O–H groups in total. The quantitative estimate of drug-likeness (QED) is 0.173. The number of ether oxygens (including phenoxy) is 4. The molecule has 7 heteroatoms. The van der Waals surface area contributed by atoms with Crippen molar-refractivity contribution in [3.05, 3.63) is 36.5 Å². The maximum absolute atomic E-state index is 11.4. The van der Waals surface area contributed by atoms with Crippen molar-refractivity contribution in [3.8, 4) is 0 Å². The Labute approximate surface area is 167 Å². The van der Waals surface area contributed by atoms with E-state index in [9.17, 15) is 14.4 Å². The molecule has 0 spiro atoms. The first-order chi connectivity index (χ1) is 13.1. The van der Waals surface area contributed by atoms with E-state index in [1.165, 1.54) is 0 Å². The first-order valence-electron chi connectivity index (χ1n) is 9.25. The van der Waals surface area contributed by atoms with E-state index in [-0.39, 0.29) is 23.2 Å². The molecule has 0 aromatic heterocycles. The van der Waals surface area contributed by atoms with Crippen molar-refractivity contribution >= 4 is 17.9 Å². The van der Waals surface area contributed by atoms with Gasteiger partial charge in [0.25, 0.3) is 0 Å². The molecule has 0 aliphatic carbocycles. The molecule has 0 bridgehead atoms. The van der Waals surface area contributed by atoms with E-state index in [4.69, 9.17) is 18.9 Å². The largest absolute Gasteiger partial charge is 0.459 e. The first kappa shape index (κ1) is 25.6. The molecule has 7 nitrogen and oxygen atoms in total. The summed E-state index contributed by atoms with van der Waals surface area (Å²) in [6.07, 6.45) is 2.63. The van der Waals surface area contributed by atoms with Crippen molar-refractivity contribution < 1.29 is 33.3 Å². The molecule has 1 saturated heterocycles. The van der Waals surface area contributed by atoms with Crippen molar-refractivity contribution in [2.24, 2.45) is 0 Å². The van der Waals surface area contributed by atoms with Crippen LogP contribution >= 0.6 is 0 Å². The highest BCUT2D eigenvalue weighted by molar-refractivity contribution is 5.88. The monoisotopic (exact) mass is 396 g/mol. The Morgan fingerprint density at radius 3 is 1.75 bits per heavy atom. The lowest BCUT2D eigenvalue weighted by atomic mass is 10.2. The van der Waals surface area contributed by atoms with E-state index in [0.717, 1.165) is 19.3 Å². The van der Waals surface area contributed by atoms with E-state index < -0.39 is 18.2 Å². The second-order valence-corrected chi connectivity index (χ2v) is 6.63. The first-order valence-corrected chi connectivity index (χ1v) is 9.25.